The van der Waals surface area contributed by atoms with Crippen LogP contribution in [-0.4, -0.2) is 34.8 Å². The molecule has 2 atom stereocenters. The SMILES string of the molecule is COCOCCC[C@H](/C=C/C(C)C)[C@@H](CC(C)C)C(=O)O[Si](C)(C)C(C)(C)C. The molecule has 0 spiro atoms. The standard InChI is InChI=1S/C23H46O4Si/c1-18(2)13-14-20(12-11-15-26-17-25-8)21(16-19(3)4)22(24)27-28(9,10)23(5,6)7/h13-14,18-21H,11-12,15-17H2,1-10H3/b14-13+/t20-,21-/m1/s1. The number of hydrogen-bond donors (Lipinski definition) is 0. The molecule has 0 N–H and O–H groups in total. The van der Waals surface area contributed by atoms with Crippen LogP contribution in [0.25, 0.3) is 0 Å². The van der Waals surface area contributed by atoms with E-state index in [1.807, 2.05) is 0 Å². The van der Waals surface area contributed by atoms with Crippen LogP contribution in [-0.2, 0) is 18.7 Å². The quantitative estimate of drug-likeness (QED) is 0.151. The lowest BCUT2D eigenvalue weighted by atomic mass is 9.82. The van der Waals surface area contributed by atoms with Crippen LogP contribution < -0.4 is 0 Å². The van der Waals surface area contributed by atoms with E-state index in [2.05, 4.69) is 73.7 Å². The van der Waals surface area contributed by atoms with E-state index in [1.54, 1.807) is 7.11 Å². The number of methoxy groups -OCH3 is 1. The summed E-state index contributed by atoms with van der Waals surface area (Å²) in [5.74, 6) is 0.955. The minimum absolute atomic E-state index is 0.0162. The first-order valence-corrected chi connectivity index (χ1v) is 13.7. The molecule has 4 nitrogen and oxygen atoms in total. The van der Waals surface area contributed by atoms with Gasteiger partial charge in [0.1, 0.15) is 6.79 Å². The predicted octanol–water partition coefficient (Wildman–Crippen LogP) is 6.43. The van der Waals surface area contributed by atoms with Gasteiger partial charge in [-0.2, -0.15) is 0 Å². The van der Waals surface area contributed by atoms with Gasteiger partial charge in [0.25, 0.3) is 14.3 Å². The van der Waals surface area contributed by atoms with Crippen LogP contribution >= 0.6 is 0 Å². The fourth-order valence-electron chi connectivity index (χ4n) is 2.79. The smallest absolute Gasteiger partial charge is 0.296 e. The molecule has 0 rings (SSSR count). The Balaban J connectivity index is 5.41. The van der Waals surface area contributed by atoms with E-state index in [-0.39, 0.29) is 22.8 Å². The molecule has 0 amide bonds. The molecule has 0 aromatic rings. The van der Waals surface area contributed by atoms with Crippen molar-refractivity contribution < 1.29 is 18.7 Å². The summed E-state index contributed by atoms with van der Waals surface area (Å²) < 4.78 is 16.6. The molecule has 0 fully saturated rings. The van der Waals surface area contributed by atoms with Gasteiger partial charge in [0.15, 0.2) is 0 Å². The second kappa shape index (κ2) is 12.8. The monoisotopic (exact) mass is 414 g/mol. The number of hydrogen-bond acceptors (Lipinski definition) is 4. The highest BCUT2D eigenvalue weighted by Crippen LogP contribution is 2.38. The van der Waals surface area contributed by atoms with Gasteiger partial charge < -0.3 is 13.9 Å². The lowest BCUT2D eigenvalue weighted by Gasteiger charge is -2.37. The van der Waals surface area contributed by atoms with Crippen molar-refractivity contribution >= 4 is 14.3 Å². The zero-order chi connectivity index (χ0) is 22.0. The summed E-state index contributed by atoms with van der Waals surface area (Å²) in [6, 6.07) is 0. The van der Waals surface area contributed by atoms with Gasteiger partial charge in [0, 0.05) is 13.7 Å². The third kappa shape index (κ3) is 10.8. The van der Waals surface area contributed by atoms with Crippen molar-refractivity contribution in [1.29, 1.82) is 0 Å². The first kappa shape index (κ1) is 27.3. The number of rotatable bonds is 13. The van der Waals surface area contributed by atoms with E-state index in [4.69, 9.17) is 13.9 Å². The fourth-order valence-corrected chi connectivity index (χ4v) is 3.75. The summed E-state index contributed by atoms with van der Waals surface area (Å²) in [7, 11) is -0.507. The normalized spacial score (nSPS) is 15.4. The lowest BCUT2D eigenvalue weighted by molar-refractivity contribution is -0.142. The maximum atomic E-state index is 13.3. The third-order valence-corrected chi connectivity index (χ3v) is 9.80. The molecule has 0 aromatic carbocycles. The van der Waals surface area contributed by atoms with Crippen LogP contribution in [0.15, 0.2) is 12.2 Å². The van der Waals surface area contributed by atoms with Gasteiger partial charge >= 0.3 is 0 Å². The largest absolute Gasteiger partial charge is 0.519 e. The maximum absolute atomic E-state index is 13.3. The molecule has 0 saturated heterocycles. The highest BCUT2D eigenvalue weighted by atomic mass is 28.4. The number of ether oxygens (including phenoxy) is 2. The zero-order valence-electron chi connectivity index (χ0n) is 20.1. The van der Waals surface area contributed by atoms with Crippen molar-refractivity contribution in [1.82, 2.24) is 0 Å². The van der Waals surface area contributed by atoms with Gasteiger partial charge in [0.2, 0.25) is 0 Å². The van der Waals surface area contributed by atoms with Gasteiger partial charge in [0.05, 0.1) is 5.92 Å². The van der Waals surface area contributed by atoms with Crippen molar-refractivity contribution in [3.63, 3.8) is 0 Å². The Kier molecular flexibility index (Phi) is 12.5. The molecule has 0 radical (unpaired) electrons. The molecular formula is C23H46O4Si. The molecule has 0 aliphatic heterocycles. The van der Waals surface area contributed by atoms with Gasteiger partial charge in [-0.25, -0.2) is 0 Å². The van der Waals surface area contributed by atoms with E-state index >= 15 is 0 Å². The van der Waals surface area contributed by atoms with Crippen molar-refractivity contribution in [3.8, 4) is 0 Å². The fraction of sp³-hybridized carbons (Fsp3) is 0.870. The Hall–Kier alpha value is -0.653. The van der Waals surface area contributed by atoms with Crippen LogP contribution in [0.2, 0.25) is 18.1 Å². The molecular weight excluding hydrogens is 368 g/mol. The van der Waals surface area contributed by atoms with E-state index in [0.717, 1.165) is 19.3 Å². The molecule has 0 aliphatic rings. The molecule has 0 aliphatic carbocycles. The molecule has 0 saturated carbocycles. The van der Waals surface area contributed by atoms with E-state index in [1.165, 1.54) is 0 Å². The second-order valence-corrected chi connectivity index (χ2v) is 14.9. The zero-order valence-corrected chi connectivity index (χ0v) is 21.1. The average molecular weight is 415 g/mol. The molecule has 166 valence electrons. The topological polar surface area (TPSA) is 44.8 Å². The summed E-state index contributed by atoms with van der Waals surface area (Å²) in [5, 5.41) is 0.0162. The van der Waals surface area contributed by atoms with Gasteiger partial charge in [-0.05, 0) is 55.1 Å². The first-order valence-electron chi connectivity index (χ1n) is 10.8. The van der Waals surface area contributed by atoms with Crippen molar-refractivity contribution in [3.05, 3.63) is 12.2 Å². The Morgan fingerprint density at radius 3 is 2.14 bits per heavy atom. The van der Waals surface area contributed by atoms with Crippen LogP contribution in [0, 0.1) is 23.7 Å². The minimum atomic E-state index is -2.14. The summed E-state index contributed by atoms with van der Waals surface area (Å²) >= 11 is 0. The van der Waals surface area contributed by atoms with Gasteiger partial charge in [-0.1, -0.05) is 60.6 Å². The molecule has 0 unspecified atom stereocenters. The Bertz CT molecular complexity index is 464. The number of carbonyl (C=O) groups excluding carboxylic acids is 1. The second-order valence-electron chi connectivity index (χ2n) is 10.2. The predicted molar refractivity (Wildman–Crippen MR) is 121 cm³/mol. The summed E-state index contributed by atoms with van der Waals surface area (Å²) in [6.07, 6.45) is 7.11. The summed E-state index contributed by atoms with van der Waals surface area (Å²) in [5.41, 5.74) is 0. The molecule has 0 heterocycles. The minimum Gasteiger partial charge on any atom is -0.519 e. The van der Waals surface area contributed by atoms with E-state index < -0.39 is 8.32 Å². The lowest BCUT2D eigenvalue weighted by Crippen LogP contribution is -2.45. The Morgan fingerprint density at radius 1 is 1.07 bits per heavy atom. The van der Waals surface area contributed by atoms with Crippen molar-refractivity contribution in [2.45, 2.75) is 85.9 Å². The Morgan fingerprint density at radius 2 is 1.68 bits per heavy atom. The van der Waals surface area contributed by atoms with Crippen molar-refractivity contribution in [2.75, 3.05) is 20.5 Å². The Labute approximate surface area is 175 Å². The van der Waals surface area contributed by atoms with E-state index in [9.17, 15) is 4.79 Å². The third-order valence-electron chi connectivity index (χ3n) is 5.48. The number of allylic oxidation sites excluding steroid dienone is 2. The van der Waals surface area contributed by atoms with Crippen LogP contribution in [0.5, 0.6) is 0 Å². The maximum Gasteiger partial charge on any atom is 0.296 e. The highest BCUT2D eigenvalue weighted by Gasteiger charge is 2.42. The van der Waals surface area contributed by atoms with Crippen LogP contribution in [0.3, 0.4) is 0 Å². The van der Waals surface area contributed by atoms with Crippen LogP contribution in [0.4, 0.5) is 0 Å². The average Bonchev–Trinajstić information content (AvgIpc) is 2.53. The summed E-state index contributed by atoms with van der Waals surface area (Å²) in [4.78, 5) is 13.3. The highest BCUT2D eigenvalue weighted by molar-refractivity contribution is 6.75. The van der Waals surface area contributed by atoms with Crippen LogP contribution in [0.1, 0.15) is 67.7 Å². The van der Waals surface area contributed by atoms with Gasteiger partial charge in [-0.3, -0.25) is 4.79 Å². The number of carbonyl (C=O) groups is 1. The molecule has 28 heavy (non-hydrogen) atoms. The van der Waals surface area contributed by atoms with Gasteiger partial charge in [-0.15, -0.1) is 0 Å². The molecule has 5 heteroatoms. The molecule has 0 bridgehead atoms. The van der Waals surface area contributed by atoms with Crippen molar-refractivity contribution in [2.24, 2.45) is 23.7 Å². The molecule has 0 aromatic heterocycles. The summed E-state index contributed by atoms with van der Waals surface area (Å²) in [6.45, 7) is 20.5. The first-order chi connectivity index (χ1) is 12.8. The van der Waals surface area contributed by atoms with E-state index in [0.29, 0.717) is 25.2 Å².